The van der Waals surface area contributed by atoms with Gasteiger partial charge in [0.05, 0.1) is 14.2 Å². The molecule has 3 aromatic rings. The zero-order chi connectivity index (χ0) is 19.4. The summed E-state index contributed by atoms with van der Waals surface area (Å²) in [4.78, 5) is 13.8. The molecule has 0 atom stereocenters. The third kappa shape index (κ3) is 3.50. The Morgan fingerprint density at radius 1 is 0.852 bits per heavy atom. The average Bonchev–Trinajstić information content (AvgIpc) is 2.71. The van der Waals surface area contributed by atoms with Crippen LogP contribution in [0.2, 0.25) is 0 Å². The number of nitrogens with zero attached hydrogens (tertiary/aromatic N) is 1. The van der Waals surface area contributed by atoms with Gasteiger partial charge in [-0.1, -0.05) is 36.4 Å². The number of hydrogen-bond acceptors (Lipinski definition) is 4. The van der Waals surface area contributed by atoms with E-state index < -0.39 is 0 Å². The second kappa shape index (κ2) is 8.16. The van der Waals surface area contributed by atoms with Crippen molar-refractivity contribution in [1.29, 1.82) is 0 Å². The van der Waals surface area contributed by atoms with Gasteiger partial charge in [-0.25, -0.2) is 4.79 Å². The molecule has 0 aliphatic rings. The SMILES string of the molecule is CCN(CC)C(=O)OCc1ccc2c(OC)c3ccccc3c(OC)c2c1. The summed E-state index contributed by atoms with van der Waals surface area (Å²) < 4.78 is 16.9. The second-order valence-electron chi connectivity index (χ2n) is 6.22. The highest BCUT2D eigenvalue weighted by Crippen LogP contribution is 2.42. The Hall–Kier alpha value is -2.95. The van der Waals surface area contributed by atoms with Crippen molar-refractivity contribution < 1.29 is 19.0 Å². The van der Waals surface area contributed by atoms with Crippen molar-refractivity contribution in [3.05, 3.63) is 48.0 Å². The van der Waals surface area contributed by atoms with Gasteiger partial charge < -0.3 is 19.1 Å². The van der Waals surface area contributed by atoms with Crippen LogP contribution in [0.25, 0.3) is 21.5 Å². The average molecular weight is 367 g/mol. The van der Waals surface area contributed by atoms with Crippen LogP contribution in [0.3, 0.4) is 0 Å². The van der Waals surface area contributed by atoms with Crippen LogP contribution in [0, 0.1) is 0 Å². The van der Waals surface area contributed by atoms with E-state index in [0.717, 1.165) is 38.6 Å². The molecule has 0 N–H and O–H groups in total. The van der Waals surface area contributed by atoms with E-state index in [-0.39, 0.29) is 12.7 Å². The van der Waals surface area contributed by atoms with Gasteiger partial charge in [0.2, 0.25) is 0 Å². The molecule has 3 aromatic carbocycles. The van der Waals surface area contributed by atoms with Crippen LogP contribution in [0.4, 0.5) is 4.79 Å². The maximum Gasteiger partial charge on any atom is 0.410 e. The van der Waals surface area contributed by atoms with Crippen molar-refractivity contribution >= 4 is 27.6 Å². The Balaban J connectivity index is 2.04. The summed E-state index contributed by atoms with van der Waals surface area (Å²) in [6.45, 7) is 5.34. The summed E-state index contributed by atoms with van der Waals surface area (Å²) in [5.74, 6) is 1.60. The molecule has 0 aliphatic heterocycles. The highest BCUT2D eigenvalue weighted by atomic mass is 16.6. The third-order valence-electron chi connectivity index (χ3n) is 4.78. The minimum absolute atomic E-state index is 0.212. The van der Waals surface area contributed by atoms with Crippen LogP contribution >= 0.6 is 0 Å². The molecular formula is C22H25NO4. The molecular weight excluding hydrogens is 342 g/mol. The zero-order valence-electron chi connectivity index (χ0n) is 16.2. The maximum absolute atomic E-state index is 12.1. The number of carbonyl (C=O) groups is 1. The van der Waals surface area contributed by atoms with Crippen LogP contribution < -0.4 is 9.47 Å². The fourth-order valence-corrected chi connectivity index (χ4v) is 3.39. The zero-order valence-corrected chi connectivity index (χ0v) is 16.2. The fourth-order valence-electron chi connectivity index (χ4n) is 3.39. The molecule has 0 bridgehead atoms. The molecule has 5 heteroatoms. The van der Waals surface area contributed by atoms with Crippen molar-refractivity contribution in [1.82, 2.24) is 4.90 Å². The molecule has 0 heterocycles. The lowest BCUT2D eigenvalue weighted by molar-refractivity contribution is 0.0999. The minimum atomic E-state index is -0.303. The molecule has 0 saturated carbocycles. The van der Waals surface area contributed by atoms with Gasteiger partial charge in [-0.15, -0.1) is 0 Å². The first kappa shape index (κ1) is 18.8. The molecule has 0 saturated heterocycles. The Labute approximate surface area is 159 Å². The molecule has 3 rings (SSSR count). The summed E-state index contributed by atoms with van der Waals surface area (Å²) in [6.07, 6.45) is -0.303. The van der Waals surface area contributed by atoms with Gasteiger partial charge >= 0.3 is 6.09 Å². The molecule has 0 aromatic heterocycles. The quantitative estimate of drug-likeness (QED) is 0.576. The monoisotopic (exact) mass is 367 g/mol. The molecule has 0 aliphatic carbocycles. The summed E-state index contributed by atoms with van der Waals surface area (Å²) >= 11 is 0. The molecule has 1 amide bonds. The number of carbonyl (C=O) groups excluding carboxylic acids is 1. The largest absolute Gasteiger partial charge is 0.495 e. The number of methoxy groups -OCH3 is 2. The topological polar surface area (TPSA) is 48.0 Å². The summed E-state index contributed by atoms with van der Waals surface area (Å²) in [6, 6.07) is 13.9. The van der Waals surface area contributed by atoms with Gasteiger partial charge in [0.15, 0.2) is 0 Å². The predicted octanol–water partition coefficient (Wildman–Crippen LogP) is 4.99. The van der Waals surface area contributed by atoms with E-state index in [1.165, 1.54) is 0 Å². The second-order valence-corrected chi connectivity index (χ2v) is 6.22. The Bertz CT molecular complexity index is 963. The summed E-state index contributed by atoms with van der Waals surface area (Å²) in [5, 5.41) is 3.89. The minimum Gasteiger partial charge on any atom is -0.495 e. The van der Waals surface area contributed by atoms with Gasteiger partial charge in [-0.05, 0) is 25.5 Å². The molecule has 27 heavy (non-hydrogen) atoms. The summed E-state index contributed by atoms with van der Waals surface area (Å²) in [5.41, 5.74) is 0.902. The normalized spacial score (nSPS) is 10.8. The van der Waals surface area contributed by atoms with E-state index >= 15 is 0 Å². The molecule has 0 fully saturated rings. The predicted molar refractivity (Wildman–Crippen MR) is 108 cm³/mol. The molecule has 0 spiro atoms. The lowest BCUT2D eigenvalue weighted by Crippen LogP contribution is -2.30. The number of fused-ring (bicyclic) bond motifs is 2. The van der Waals surface area contributed by atoms with E-state index in [1.54, 1.807) is 19.1 Å². The molecule has 142 valence electrons. The van der Waals surface area contributed by atoms with E-state index in [4.69, 9.17) is 14.2 Å². The summed E-state index contributed by atoms with van der Waals surface area (Å²) in [7, 11) is 3.34. The fraction of sp³-hybridized carbons (Fsp3) is 0.318. The maximum atomic E-state index is 12.1. The van der Waals surface area contributed by atoms with E-state index in [1.807, 2.05) is 56.3 Å². The Morgan fingerprint density at radius 3 is 1.96 bits per heavy atom. The Kier molecular flexibility index (Phi) is 5.69. The number of amides is 1. The van der Waals surface area contributed by atoms with E-state index in [0.29, 0.717) is 13.1 Å². The van der Waals surface area contributed by atoms with Gasteiger partial charge in [-0.2, -0.15) is 0 Å². The molecule has 0 radical (unpaired) electrons. The standard InChI is InChI=1S/C22H25NO4/c1-5-23(6-2)22(24)27-14-15-11-12-18-19(13-15)21(26-4)17-10-8-7-9-16(17)20(18)25-3/h7-13H,5-6,14H2,1-4H3. The van der Waals surface area contributed by atoms with E-state index in [9.17, 15) is 4.79 Å². The first-order chi connectivity index (χ1) is 13.1. The van der Waals surface area contributed by atoms with Crippen LogP contribution in [-0.2, 0) is 11.3 Å². The van der Waals surface area contributed by atoms with Crippen molar-refractivity contribution in [2.24, 2.45) is 0 Å². The highest BCUT2D eigenvalue weighted by molar-refractivity contribution is 6.11. The lowest BCUT2D eigenvalue weighted by Gasteiger charge is -2.19. The lowest BCUT2D eigenvalue weighted by atomic mass is 9.99. The van der Waals surface area contributed by atoms with Gasteiger partial charge in [-0.3, -0.25) is 0 Å². The van der Waals surface area contributed by atoms with Crippen molar-refractivity contribution in [2.45, 2.75) is 20.5 Å². The van der Waals surface area contributed by atoms with Crippen LogP contribution in [0.1, 0.15) is 19.4 Å². The van der Waals surface area contributed by atoms with E-state index in [2.05, 4.69) is 0 Å². The number of ether oxygens (including phenoxy) is 3. The van der Waals surface area contributed by atoms with Crippen molar-refractivity contribution in [2.75, 3.05) is 27.3 Å². The number of benzene rings is 3. The van der Waals surface area contributed by atoms with Crippen molar-refractivity contribution in [3.63, 3.8) is 0 Å². The third-order valence-corrected chi connectivity index (χ3v) is 4.78. The van der Waals surface area contributed by atoms with Gasteiger partial charge in [0.25, 0.3) is 0 Å². The Morgan fingerprint density at radius 2 is 1.41 bits per heavy atom. The molecule has 5 nitrogen and oxygen atoms in total. The molecule has 0 unspecified atom stereocenters. The van der Waals surface area contributed by atoms with Crippen molar-refractivity contribution in [3.8, 4) is 11.5 Å². The smallest absolute Gasteiger partial charge is 0.410 e. The number of rotatable bonds is 6. The highest BCUT2D eigenvalue weighted by Gasteiger charge is 2.16. The first-order valence-electron chi connectivity index (χ1n) is 9.11. The van der Waals surface area contributed by atoms with Crippen LogP contribution in [0.5, 0.6) is 11.5 Å². The van der Waals surface area contributed by atoms with Crippen LogP contribution in [-0.4, -0.2) is 38.3 Å². The van der Waals surface area contributed by atoms with Gasteiger partial charge in [0.1, 0.15) is 18.1 Å². The first-order valence-corrected chi connectivity index (χ1v) is 9.11. The van der Waals surface area contributed by atoms with Gasteiger partial charge in [0, 0.05) is 34.6 Å². The number of hydrogen-bond donors (Lipinski definition) is 0. The van der Waals surface area contributed by atoms with Crippen LogP contribution in [0.15, 0.2) is 42.5 Å².